The molecule has 5 heteroatoms. The van der Waals surface area contributed by atoms with Gasteiger partial charge in [-0.25, -0.2) is 8.42 Å². The lowest BCUT2D eigenvalue weighted by atomic mass is 9.66. The van der Waals surface area contributed by atoms with Gasteiger partial charge in [-0.05, 0) is 67.4 Å². The van der Waals surface area contributed by atoms with Crippen molar-refractivity contribution in [1.82, 2.24) is 4.31 Å². The highest BCUT2D eigenvalue weighted by atomic mass is 32.2. The molecule has 1 atom stereocenters. The lowest BCUT2D eigenvalue weighted by Crippen LogP contribution is -2.49. The summed E-state index contributed by atoms with van der Waals surface area (Å²) in [6.45, 7) is 10.3. The minimum atomic E-state index is -3.55. The Hall–Kier alpha value is -2.24. The summed E-state index contributed by atoms with van der Waals surface area (Å²) >= 11 is 0. The number of fused-ring (bicyclic) bond motifs is 1. The zero-order chi connectivity index (χ0) is 23.7. The van der Waals surface area contributed by atoms with E-state index < -0.39 is 10.0 Å². The molecule has 176 valence electrons. The lowest BCUT2D eigenvalue weighted by molar-refractivity contribution is 0.198. The van der Waals surface area contributed by atoms with Gasteiger partial charge in [-0.2, -0.15) is 4.31 Å². The van der Waals surface area contributed by atoms with Gasteiger partial charge in [0.05, 0.1) is 4.90 Å². The molecule has 4 nitrogen and oxygen atoms in total. The second-order valence-corrected chi connectivity index (χ2v) is 12.4. The Morgan fingerprint density at radius 1 is 1.00 bits per heavy atom. The van der Waals surface area contributed by atoms with Gasteiger partial charge < -0.3 is 0 Å². The van der Waals surface area contributed by atoms with E-state index in [1.54, 1.807) is 16.4 Å². The van der Waals surface area contributed by atoms with Crippen LogP contribution in [-0.2, 0) is 21.9 Å². The van der Waals surface area contributed by atoms with Gasteiger partial charge in [-0.15, -0.1) is 0 Å². The number of aliphatic imine (C=N–C) groups is 1. The Labute approximate surface area is 199 Å². The van der Waals surface area contributed by atoms with E-state index >= 15 is 0 Å². The van der Waals surface area contributed by atoms with Crippen LogP contribution in [0.2, 0.25) is 0 Å². The summed E-state index contributed by atoms with van der Waals surface area (Å²) in [5.74, 6) is 0. The third-order valence-electron chi connectivity index (χ3n) is 7.10. The molecule has 0 spiro atoms. The molecule has 2 aliphatic rings. The van der Waals surface area contributed by atoms with Crippen molar-refractivity contribution in [2.45, 2.75) is 63.7 Å². The highest BCUT2D eigenvalue weighted by Gasteiger charge is 2.44. The van der Waals surface area contributed by atoms with Crippen molar-refractivity contribution in [3.05, 3.63) is 77.4 Å². The first-order valence-corrected chi connectivity index (χ1v) is 13.5. The molecule has 33 heavy (non-hydrogen) atoms. The Bertz CT molecular complexity index is 1140. The van der Waals surface area contributed by atoms with Crippen LogP contribution in [0.25, 0.3) is 0 Å². The van der Waals surface area contributed by atoms with Gasteiger partial charge in [0.2, 0.25) is 10.0 Å². The smallest absolute Gasteiger partial charge is 0.243 e. The molecule has 0 saturated carbocycles. The van der Waals surface area contributed by atoms with E-state index in [4.69, 9.17) is 0 Å². The minimum absolute atomic E-state index is 0.00724. The Kier molecular flexibility index (Phi) is 6.66. The number of hydrogen-bond donors (Lipinski definition) is 0. The molecule has 0 N–H and O–H groups in total. The van der Waals surface area contributed by atoms with Crippen molar-refractivity contribution in [3.8, 4) is 0 Å². The fourth-order valence-corrected chi connectivity index (χ4v) is 6.71. The maximum atomic E-state index is 13.7. The van der Waals surface area contributed by atoms with E-state index in [9.17, 15) is 8.42 Å². The minimum Gasteiger partial charge on any atom is -0.290 e. The van der Waals surface area contributed by atoms with Crippen LogP contribution in [-0.4, -0.2) is 38.1 Å². The van der Waals surface area contributed by atoms with Crippen molar-refractivity contribution in [2.75, 3.05) is 19.6 Å². The zero-order valence-electron chi connectivity index (χ0n) is 20.3. The van der Waals surface area contributed by atoms with Crippen LogP contribution >= 0.6 is 0 Å². The average Bonchev–Trinajstić information content (AvgIpc) is 2.79. The second-order valence-electron chi connectivity index (χ2n) is 10.4. The lowest BCUT2D eigenvalue weighted by Gasteiger charge is -2.46. The predicted octanol–water partition coefficient (Wildman–Crippen LogP) is 5.79. The summed E-state index contributed by atoms with van der Waals surface area (Å²) in [7, 11) is -3.55. The quantitative estimate of drug-likeness (QED) is 0.562. The van der Waals surface area contributed by atoms with Gasteiger partial charge >= 0.3 is 0 Å². The number of hydrogen-bond acceptors (Lipinski definition) is 3. The van der Waals surface area contributed by atoms with Crippen LogP contribution in [0.4, 0.5) is 0 Å². The van der Waals surface area contributed by atoms with Gasteiger partial charge in [-0.3, -0.25) is 4.99 Å². The number of nitrogens with zero attached hydrogens (tertiary/aromatic N) is 2. The maximum Gasteiger partial charge on any atom is 0.243 e. The van der Waals surface area contributed by atoms with Crippen LogP contribution in [0.15, 0.2) is 76.1 Å². The molecule has 0 aromatic heterocycles. The van der Waals surface area contributed by atoms with E-state index in [1.807, 2.05) is 18.2 Å². The summed E-state index contributed by atoms with van der Waals surface area (Å²) in [6.07, 6.45) is 5.71. The summed E-state index contributed by atoms with van der Waals surface area (Å²) in [5, 5.41) is 0. The first-order chi connectivity index (χ1) is 15.6. The molecule has 1 unspecified atom stereocenters. The van der Waals surface area contributed by atoms with Gasteiger partial charge in [0.25, 0.3) is 0 Å². The Balaban J connectivity index is 1.67. The maximum absolute atomic E-state index is 13.7. The normalized spacial score (nSPS) is 23.3. The first kappa shape index (κ1) is 23.9. The number of piperidine rings is 1. The Morgan fingerprint density at radius 3 is 2.33 bits per heavy atom. The van der Waals surface area contributed by atoms with Crippen molar-refractivity contribution >= 4 is 15.7 Å². The fraction of sp³-hybridized carbons (Fsp3) is 0.464. The van der Waals surface area contributed by atoms with Gasteiger partial charge in [0.15, 0.2) is 0 Å². The molecule has 0 radical (unpaired) electrons. The number of rotatable bonds is 5. The summed E-state index contributed by atoms with van der Waals surface area (Å²) in [4.78, 5) is 5.06. The highest BCUT2D eigenvalue weighted by molar-refractivity contribution is 7.89. The standard InChI is InChI=1S/C28H36N2O2S/c1-5-29-25-15-17-28(20-22-9-7-6-8-10-22)21-30(18-16-24(28)19-25)33(31,32)26-13-11-23(12-14-26)27(2,3)4/h6-14,19H,5,15-18,20-21H2,1-4H3/b29-25+. The first-order valence-electron chi connectivity index (χ1n) is 12.0. The van der Waals surface area contributed by atoms with E-state index in [0.717, 1.165) is 43.5 Å². The van der Waals surface area contributed by atoms with Crippen LogP contribution in [0.5, 0.6) is 0 Å². The number of allylic oxidation sites excluding steroid dienone is 1. The van der Waals surface area contributed by atoms with E-state index in [1.165, 1.54) is 11.1 Å². The molecule has 2 aromatic rings. The fourth-order valence-electron chi connectivity index (χ4n) is 5.19. The van der Waals surface area contributed by atoms with E-state index in [0.29, 0.717) is 18.0 Å². The predicted molar refractivity (Wildman–Crippen MR) is 136 cm³/mol. The van der Waals surface area contributed by atoms with Crippen molar-refractivity contribution in [3.63, 3.8) is 0 Å². The molecular formula is C28H36N2O2S. The average molecular weight is 465 g/mol. The molecule has 1 heterocycles. The molecule has 1 fully saturated rings. The second kappa shape index (κ2) is 9.19. The number of sulfonamides is 1. The molecule has 0 bridgehead atoms. The summed E-state index contributed by atoms with van der Waals surface area (Å²) < 4.78 is 29.1. The monoisotopic (exact) mass is 464 g/mol. The van der Waals surface area contributed by atoms with Gasteiger partial charge in [0, 0.05) is 30.8 Å². The van der Waals surface area contributed by atoms with Gasteiger partial charge in [-0.1, -0.05) is 68.8 Å². The molecule has 2 aromatic carbocycles. The van der Waals surface area contributed by atoms with Crippen LogP contribution in [0.1, 0.15) is 58.1 Å². The summed E-state index contributed by atoms with van der Waals surface area (Å²) in [6, 6.07) is 17.9. The molecule has 1 aliphatic carbocycles. The van der Waals surface area contributed by atoms with Crippen molar-refractivity contribution in [1.29, 1.82) is 0 Å². The van der Waals surface area contributed by atoms with E-state index in [2.05, 4.69) is 63.0 Å². The van der Waals surface area contributed by atoms with E-state index in [-0.39, 0.29) is 10.8 Å². The topological polar surface area (TPSA) is 49.7 Å². The van der Waals surface area contributed by atoms with Crippen molar-refractivity contribution in [2.24, 2.45) is 10.4 Å². The summed E-state index contributed by atoms with van der Waals surface area (Å²) in [5.41, 5.74) is 4.73. The molecule has 1 aliphatic heterocycles. The van der Waals surface area contributed by atoms with Gasteiger partial charge in [0.1, 0.15) is 0 Å². The molecule has 4 rings (SSSR count). The SMILES string of the molecule is CC/N=C1/C=C2CCN(S(=O)(=O)c3ccc(C(C)(C)C)cc3)CC2(Cc2ccccc2)CC1. The third kappa shape index (κ3) is 4.99. The van der Waals surface area contributed by atoms with Crippen LogP contribution in [0, 0.1) is 5.41 Å². The van der Waals surface area contributed by atoms with Crippen molar-refractivity contribution < 1.29 is 8.42 Å². The Morgan fingerprint density at radius 2 is 1.70 bits per heavy atom. The van der Waals surface area contributed by atoms with Crippen LogP contribution in [0.3, 0.4) is 0 Å². The number of benzene rings is 2. The highest BCUT2D eigenvalue weighted by Crippen LogP contribution is 2.46. The molecule has 1 saturated heterocycles. The third-order valence-corrected chi connectivity index (χ3v) is 8.96. The molecule has 0 amide bonds. The largest absolute Gasteiger partial charge is 0.290 e. The molecular weight excluding hydrogens is 428 g/mol. The van der Waals surface area contributed by atoms with Crippen LogP contribution < -0.4 is 0 Å². The zero-order valence-corrected chi connectivity index (χ0v) is 21.2.